The van der Waals surface area contributed by atoms with Crippen LogP contribution in [-0.2, 0) is 4.74 Å². The zero-order chi connectivity index (χ0) is 13.3. The molecule has 1 fully saturated rings. The lowest BCUT2D eigenvalue weighted by Crippen LogP contribution is -2.53. The zero-order valence-electron chi connectivity index (χ0n) is 10.8. The predicted molar refractivity (Wildman–Crippen MR) is 69.8 cm³/mol. The van der Waals surface area contributed by atoms with Crippen molar-refractivity contribution in [1.29, 1.82) is 0 Å². The molecule has 1 aliphatic rings. The number of nitrogens with zero attached hydrogens (tertiary/aromatic N) is 2. The van der Waals surface area contributed by atoms with Gasteiger partial charge in [-0.05, 0) is 32.9 Å². The van der Waals surface area contributed by atoms with E-state index in [0.29, 0.717) is 23.8 Å². The van der Waals surface area contributed by atoms with Crippen LogP contribution in [0.25, 0.3) is 0 Å². The summed E-state index contributed by atoms with van der Waals surface area (Å²) in [5.41, 5.74) is 0.247. The molecular weight excluding hydrogens is 252 g/mol. The Morgan fingerprint density at radius 1 is 1.56 bits per heavy atom. The molecule has 0 radical (unpaired) electrons. The lowest BCUT2D eigenvalue weighted by molar-refractivity contribution is -0.118. The molecule has 2 heterocycles. The molecule has 1 aromatic heterocycles. The van der Waals surface area contributed by atoms with Gasteiger partial charge >= 0.3 is 0 Å². The SMILES string of the molecule is CC1CN(C(=O)c2ccc(Cl)nc2)CC(C)(C)O1. The van der Waals surface area contributed by atoms with Crippen molar-refractivity contribution in [3.8, 4) is 0 Å². The second-order valence-electron chi connectivity index (χ2n) is 5.24. The van der Waals surface area contributed by atoms with Crippen molar-refractivity contribution in [3.63, 3.8) is 0 Å². The fourth-order valence-electron chi connectivity index (χ4n) is 2.29. The fraction of sp³-hybridized carbons (Fsp3) is 0.538. The first-order chi connectivity index (χ1) is 8.37. The van der Waals surface area contributed by atoms with Crippen molar-refractivity contribution in [2.75, 3.05) is 13.1 Å². The largest absolute Gasteiger partial charge is 0.369 e. The van der Waals surface area contributed by atoms with Crippen LogP contribution in [-0.4, -0.2) is 40.6 Å². The van der Waals surface area contributed by atoms with Crippen molar-refractivity contribution >= 4 is 17.5 Å². The topological polar surface area (TPSA) is 42.4 Å². The number of halogens is 1. The van der Waals surface area contributed by atoms with E-state index >= 15 is 0 Å². The minimum Gasteiger partial charge on any atom is -0.369 e. The number of rotatable bonds is 1. The number of pyridine rings is 1. The summed E-state index contributed by atoms with van der Waals surface area (Å²) in [5, 5.41) is 0.391. The Morgan fingerprint density at radius 3 is 2.83 bits per heavy atom. The minimum absolute atomic E-state index is 0.0256. The number of aromatic nitrogens is 1. The number of hydrogen-bond donors (Lipinski definition) is 0. The molecule has 1 aliphatic heterocycles. The normalized spacial score (nSPS) is 22.9. The molecule has 18 heavy (non-hydrogen) atoms. The van der Waals surface area contributed by atoms with Crippen molar-refractivity contribution in [3.05, 3.63) is 29.0 Å². The molecule has 1 amide bonds. The van der Waals surface area contributed by atoms with Gasteiger partial charge in [-0.2, -0.15) is 0 Å². The lowest BCUT2D eigenvalue weighted by atomic mass is 10.0. The van der Waals surface area contributed by atoms with Gasteiger partial charge in [0, 0.05) is 19.3 Å². The molecule has 0 N–H and O–H groups in total. The fourth-order valence-corrected chi connectivity index (χ4v) is 2.41. The van der Waals surface area contributed by atoms with Gasteiger partial charge in [0.25, 0.3) is 5.91 Å². The minimum atomic E-state index is -0.312. The molecule has 5 heteroatoms. The van der Waals surface area contributed by atoms with Gasteiger partial charge in [-0.1, -0.05) is 11.6 Å². The third kappa shape index (κ3) is 3.00. The number of carbonyl (C=O) groups excluding carboxylic acids is 1. The van der Waals surface area contributed by atoms with Gasteiger partial charge in [0.2, 0.25) is 0 Å². The van der Waals surface area contributed by atoms with Gasteiger partial charge in [0.1, 0.15) is 5.15 Å². The van der Waals surface area contributed by atoms with Crippen LogP contribution in [0.2, 0.25) is 5.15 Å². The molecule has 0 saturated carbocycles. The van der Waals surface area contributed by atoms with Crippen LogP contribution in [0.4, 0.5) is 0 Å². The number of morpholine rings is 1. The maximum Gasteiger partial charge on any atom is 0.255 e. The van der Waals surface area contributed by atoms with E-state index in [1.165, 1.54) is 6.20 Å². The number of hydrogen-bond acceptors (Lipinski definition) is 3. The van der Waals surface area contributed by atoms with E-state index in [1.807, 2.05) is 20.8 Å². The first-order valence-electron chi connectivity index (χ1n) is 5.96. The summed E-state index contributed by atoms with van der Waals surface area (Å²) >= 11 is 5.71. The highest BCUT2D eigenvalue weighted by atomic mass is 35.5. The molecular formula is C13H17ClN2O2. The second kappa shape index (κ2) is 4.86. The van der Waals surface area contributed by atoms with Gasteiger partial charge in [-0.15, -0.1) is 0 Å². The zero-order valence-corrected chi connectivity index (χ0v) is 11.6. The van der Waals surface area contributed by atoms with Crippen LogP contribution >= 0.6 is 11.6 Å². The lowest BCUT2D eigenvalue weighted by Gasteiger charge is -2.41. The molecule has 0 spiro atoms. The summed E-state index contributed by atoms with van der Waals surface area (Å²) in [6.45, 7) is 7.14. The van der Waals surface area contributed by atoms with Gasteiger partial charge in [-0.25, -0.2) is 4.98 Å². The summed E-state index contributed by atoms with van der Waals surface area (Å²) in [5.74, 6) is -0.0256. The first kappa shape index (κ1) is 13.3. The molecule has 1 atom stereocenters. The molecule has 2 rings (SSSR count). The Morgan fingerprint density at radius 2 is 2.28 bits per heavy atom. The van der Waals surface area contributed by atoms with Crippen LogP contribution in [0.15, 0.2) is 18.3 Å². The van der Waals surface area contributed by atoms with Gasteiger partial charge < -0.3 is 9.64 Å². The molecule has 1 unspecified atom stereocenters. The monoisotopic (exact) mass is 268 g/mol. The van der Waals surface area contributed by atoms with E-state index in [4.69, 9.17) is 16.3 Å². The van der Waals surface area contributed by atoms with Crippen LogP contribution in [0, 0.1) is 0 Å². The smallest absolute Gasteiger partial charge is 0.255 e. The molecule has 0 aromatic carbocycles. The van der Waals surface area contributed by atoms with Gasteiger partial charge in [0.05, 0.1) is 17.3 Å². The Hall–Kier alpha value is -1.13. The highest BCUT2D eigenvalue weighted by Gasteiger charge is 2.34. The average Bonchev–Trinajstić information content (AvgIpc) is 2.26. The summed E-state index contributed by atoms with van der Waals surface area (Å²) in [6, 6.07) is 3.33. The Balaban J connectivity index is 2.16. The summed E-state index contributed by atoms with van der Waals surface area (Å²) in [4.78, 5) is 18.1. The molecule has 0 bridgehead atoms. The molecule has 0 aliphatic carbocycles. The standard InChI is InChI=1S/C13H17ClN2O2/c1-9-7-16(8-13(2,3)18-9)12(17)10-4-5-11(14)15-6-10/h4-6,9H,7-8H2,1-3H3. The van der Waals surface area contributed by atoms with E-state index in [0.717, 1.165) is 0 Å². The number of amides is 1. The van der Waals surface area contributed by atoms with Gasteiger partial charge in [-0.3, -0.25) is 4.79 Å². The second-order valence-corrected chi connectivity index (χ2v) is 5.63. The van der Waals surface area contributed by atoms with Gasteiger partial charge in [0.15, 0.2) is 0 Å². The van der Waals surface area contributed by atoms with Crippen molar-refractivity contribution in [2.24, 2.45) is 0 Å². The molecule has 4 nitrogen and oxygen atoms in total. The highest BCUT2D eigenvalue weighted by molar-refractivity contribution is 6.29. The average molecular weight is 269 g/mol. The Labute approximate surface area is 112 Å². The number of ether oxygens (including phenoxy) is 1. The van der Waals surface area contributed by atoms with Crippen molar-refractivity contribution in [1.82, 2.24) is 9.88 Å². The van der Waals surface area contributed by atoms with E-state index in [-0.39, 0.29) is 17.6 Å². The maximum absolute atomic E-state index is 12.3. The third-order valence-corrected chi connectivity index (χ3v) is 3.05. The number of carbonyl (C=O) groups is 1. The van der Waals surface area contributed by atoms with E-state index in [2.05, 4.69) is 4.98 Å². The quantitative estimate of drug-likeness (QED) is 0.735. The van der Waals surface area contributed by atoms with Crippen LogP contribution < -0.4 is 0 Å². The summed E-state index contributed by atoms with van der Waals surface area (Å²) in [7, 11) is 0. The molecule has 98 valence electrons. The Kier molecular flexibility index (Phi) is 3.59. The van der Waals surface area contributed by atoms with E-state index in [1.54, 1.807) is 17.0 Å². The van der Waals surface area contributed by atoms with Crippen LogP contribution in [0.5, 0.6) is 0 Å². The van der Waals surface area contributed by atoms with E-state index < -0.39 is 0 Å². The van der Waals surface area contributed by atoms with Crippen molar-refractivity contribution < 1.29 is 9.53 Å². The van der Waals surface area contributed by atoms with Crippen LogP contribution in [0.1, 0.15) is 31.1 Å². The van der Waals surface area contributed by atoms with Crippen LogP contribution in [0.3, 0.4) is 0 Å². The summed E-state index contributed by atoms with van der Waals surface area (Å²) < 4.78 is 5.78. The van der Waals surface area contributed by atoms with E-state index in [9.17, 15) is 4.79 Å². The Bertz CT molecular complexity index is 445. The highest BCUT2D eigenvalue weighted by Crippen LogP contribution is 2.22. The predicted octanol–water partition coefficient (Wildman–Crippen LogP) is 2.37. The summed E-state index contributed by atoms with van der Waals surface area (Å²) in [6.07, 6.45) is 1.55. The first-order valence-corrected chi connectivity index (χ1v) is 6.34. The van der Waals surface area contributed by atoms with Crippen molar-refractivity contribution in [2.45, 2.75) is 32.5 Å². The third-order valence-electron chi connectivity index (χ3n) is 2.83. The molecule has 1 saturated heterocycles. The maximum atomic E-state index is 12.3. The molecule has 1 aromatic rings.